The van der Waals surface area contributed by atoms with Gasteiger partial charge in [0.05, 0.1) is 17.1 Å². The summed E-state index contributed by atoms with van der Waals surface area (Å²) >= 11 is 0. The minimum Gasteiger partial charge on any atom is -0.491 e. The van der Waals surface area contributed by atoms with Crippen LogP contribution < -0.4 is 10.1 Å². The van der Waals surface area contributed by atoms with Crippen molar-refractivity contribution in [3.8, 4) is 5.75 Å². The molecule has 2 atom stereocenters. The molecule has 0 saturated carbocycles. The average Bonchev–Trinajstić information content (AvgIpc) is 3.30. The quantitative estimate of drug-likeness (QED) is 0.432. The van der Waals surface area contributed by atoms with Crippen LogP contribution in [0, 0.1) is 12.7 Å². The second-order valence-electron chi connectivity index (χ2n) is 10.4. The maximum absolute atomic E-state index is 14.3. The van der Waals surface area contributed by atoms with Gasteiger partial charge in [-0.2, -0.15) is 4.31 Å². The van der Waals surface area contributed by atoms with Crippen LogP contribution in [0.2, 0.25) is 0 Å². The van der Waals surface area contributed by atoms with Gasteiger partial charge in [-0.3, -0.25) is 0 Å². The Labute approximate surface area is 229 Å². The lowest BCUT2D eigenvalue weighted by atomic mass is 9.88. The van der Waals surface area contributed by atoms with Crippen LogP contribution in [-0.2, 0) is 24.8 Å². The first-order valence-electron chi connectivity index (χ1n) is 12.8. The van der Waals surface area contributed by atoms with E-state index in [1.807, 2.05) is 0 Å². The van der Waals surface area contributed by atoms with Gasteiger partial charge < -0.3 is 19.9 Å². The largest absolute Gasteiger partial charge is 0.491 e. The highest BCUT2D eigenvalue weighted by molar-refractivity contribution is 7.89. The summed E-state index contributed by atoms with van der Waals surface area (Å²) in [7, 11) is -4.62. The summed E-state index contributed by atoms with van der Waals surface area (Å²) in [6.45, 7) is 2.84. The first kappa shape index (κ1) is 29.8. The Kier molecular flexibility index (Phi) is 9.01. The number of rotatable bonds is 10. The molecule has 4 rings (SSSR count). The number of nitrogens with one attached hydrogen (secondary N) is 1. The van der Waals surface area contributed by atoms with E-state index < -0.39 is 37.6 Å². The van der Waals surface area contributed by atoms with Crippen molar-refractivity contribution >= 4 is 20.0 Å². The molecule has 2 aliphatic heterocycles. The van der Waals surface area contributed by atoms with Crippen molar-refractivity contribution in [3.63, 3.8) is 0 Å². The summed E-state index contributed by atoms with van der Waals surface area (Å²) in [6.07, 6.45) is 0.815. The summed E-state index contributed by atoms with van der Waals surface area (Å²) in [5.74, 6) is -0.413. The molecular weight excluding hydrogens is 549 g/mol. The van der Waals surface area contributed by atoms with E-state index in [9.17, 15) is 26.3 Å². The second-order valence-corrected chi connectivity index (χ2v) is 14.4. The summed E-state index contributed by atoms with van der Waals surface area (Å²) in [5.41, 5.74) is 0.212. The number of aliphatic hydroxyl groups excluding tert-OH is 1. The van der Waals surface area contributed by atoms with E-state index in [-0.39, 0.29) is 42.1 Å². The Morgan fingerprint density at radius 1 is 1.18 bits per heavy atom. The summed E-state index contributed by atoms with van der Waals surface area (Å²) in [4.78, 5) is -0.193. The number of hydrogen-bond acceptors (Lipinski definition) is 8. The minimum atomic E-state index is -3.94. The summed E-state index contributed by atoms with van der Waals surface area (Å²) < 4.78 is 79.1. The number of hydrogen-bond donors (Lipinski definition) is 2. The van der Waals surface area contributed by atoms with E-state index >= 15 is 0 Å². The van der Waals surface area contributed by atoms with Crippen LogP contribution in [0.3, 0.4) is 0 Å². The van der Waals surface area contributed by atoms with Crippen LogP contribution in [0.4, 0.5) is 4.39 Å². The number of aliphatic hydroxyl groups is 1. The van der Waals surface area contributed by atoms with Crippen molar-refractivity contribution in [1.29, 1.82) is 0 Å². The number of nitrogens with zero attached hydrogens (tertiary/aromatic N) is 2. The molecule has 0 bridgehead atoms. The summed E-state index contributed by atoms with van der Waals surface area (Å²) in [6, 6.07) is 10.2. The number of benzene rings is 2. The molecule has 2 aromatic rings. The second kappa shape index (κ2) is 11.8. The van der Waals surface area contributed by atoms with Gasteiger partial charge >= 0.3 is 0 Å². The lowest BCUT2D eigenvalue weighted by Gasteiger charge is -2.38. The van der Waals surface area contributed by atoms with Crippen LogP contribution in [0.25, 0.3) is 0 Å². The van der Waals surface area contributed by atoms with E-state index in [1.54, 1.807) is 25.1 Å². The van der Waals surface area contributed by atoms with Gasteiger partial charge in [-0.05, 0) is 56.0 Å². The molecular formula is C26H36FN3O7S2. The van der Waals surface area contributed by atoms with Crippen molar-refractivity contribution < 1.29 is 35.8 Å². The van der Waals surface area contributed by atoms with E-state index in [0.717, 1.165) is 4.31 Å². The number of halogens is 1. The molecule has 0 radical (unpaired) electrons. The average molecular weight is 586 g/mol. The molecule has 2 heterocycles. The third kappa shape index (κ3) is 6.79. The van der Waals surface area contributed by atoms with E-state index in [0.29, 0.717) is 37.2 Å². The molecule has 1 spiro atoms. The Hall–Kier alpha value is -2.13. The van der Waals surface area contributed by atoms with Gasteiger partial charge in [0, 0.05) is 45.8 Å². The standard InChI is InChI=1S/C26H36FN3O7S2/c1-19-7-8-24(27)25(13-19)39(34,35)30-11-9-26(10-12-30)15-20(17-37-26)28-16-21(31)18-36-22-5-4-6-23(14-22)38(32,33)29(2)3/h4-8,13-14,20-21,28,31H,9-12,15-18H2,1-3H3/t20?,21-/m0/s1. The van der Waals surface area contributed by atoms with Crippen LogP contribution in [0.1, 0.15) is 24.8 Å². The van der Waals surface area contributed by atoms with Crippen molar-refractivity contribution in [2.75, 3.05) is 46.9 Å². The monoisotopic (exact) mass is 585 g/mol. The van der Waals surface area contributed by atoms with Gasteiger partial charge in [-0.25, -0.2) is 25.5 Å². The van der Waals surface area contributed by atoms with Gasteiger partial charge in [0.2, 0.25) is 20.0 Å². The molecule has 2 aromatic carbocycles. The molecule has 2 N–H and O–H groups in total. The molecule has 0 aliphatic carbocycles. The normalized spacial score (nSPS) is 20.9. The van der Waals surface area contributed by atoms with Gasteiger partial charge in [0.15, 0.2) is 0 Å². The van der Waals surface area contributed by atoms with Gasteiger partial charge in [-0.15, -0.1) is 0 Å². The third-order valence-corrected chi connectivity index (χ3v) is 10.9. The number of ether oxygens (including phenoxy) is 2. The van der Waals surface area contributed by atoms with E-state index in [2.05, 4.69) is 5.32 Å². The first-order chi connectivity index (χ1) is 18.3. The van der Waals surface area contributed by atoms with Gasteiger partial charge in [-0.1, -0.05) is 12.1 Å². The van der Waals surface area contributed by atoms with Crippen molar-refractivity contribution in [3.05, 3.63) is 53.8 Å². The SMILES string of the molecule is Cc1ccc(F)c(S(=O)(=O)N2CCC3(CC2)CC(NC[C@H](O)COc2cccc(S(=O)(=O)N(C)C)c2)CO3)c1. The van der Waals surface area contributed by atoms with Crippen molar-refractivity contribution in [2.24, 2.45) is 0 Å². The highest BCUT2D eigenvalue weighted by Gasteiger charge is 2.45. The van der Waals surface area contributed by atoms with E-state index in [4.69, 9.17) is 9.47 Å². The van der Waals surface area contributed by atoms with Crippen molar-refractivity contribution in [1.82, 2.24) is 13.9 Å². The summed E-state index contributed by atoms with van der Waals surface area (Å²) in [5, 5.41) is 13.7. The molecule has 0 aromatic heterocycles. The molecule has 1 unspecified atom stereocenters. The zero-order valence-electron chi connectivity index (χ0n) is 22.3. The Morgan fingerprint density at radius 2 is 1.90 bits per heavy atom. The Morgan fingerprint density at radius 3 is 2.59 bits per heavy atom. The maximum Gasteiger partial charge on any atom is 0.245 e. The fourth-order valence-corrected chi connectivity index (χ4v) is 7.42. The van der Waals surface area contributed by atoms with Gasteiger partial charge in [0.25, 0.3) is 0 Å². The predicted molar refractivity (Wildman–Crippen MR) is 143 cm³/mol. The van der Waals surface area contributed by atoms with Gasteiger partial charge in [0.1, 0.15) is 29.2 Å². The molecule has 10 nitrogen and oxygen atoms in total. The zero-order chi connectivity index (χ0) is 28.4. The first-order valence-corrected chi connectivity index (χ1v) is 15.7. The van der Waals surface area contributed by atoms with Crippen molar-refractivity contribution in [2.45, 2.75) is 53.7 Å². The smallest absolute Gasteiger partial charge is 0.245 e. The zero-order valence-corrected chi connectivity index (χ0v) is 24.0. The maximum atomic E-state index is 14.3. The molecule has 39 heavy (non-hydrogen) atoms. The number of piperidine rings is 1. The van der Waals surface area contributed by atoms with Crippen LogP contribution in [0.5, 0.6) is 5.75 Å². The lowest BCUT2D eigenvalue weighted by Crippen LogP contribution is -2.47. The van der Waals surface area contributed by atoms with Crippen LogP contribution in [-0.4, -0.2) is 95.2 Å². The number of sulfonamides is 2. The predicted octanol–water partition coefficient (Wildman–Crippen LogP) is 1.73. The third-order valence-electron chi connectivity index (χ3n) is 7.22. The minimum absolute atomic E-state index is 0.0226. The van der Waals surface area contributed by atoms with Crippen LogP contribution >= 0.6 is 0 Å². The topological polar surface area (TPSA) is 125 Å². The fourth-order valence-electron chi connectivity index (χ4n) is 4.89. The molecule has 0 amide bonds. The molecule has 2 saturated heterocycles. The Balaban J connectivity index is 1.24. The molecule has 2 fully saturated rings. The molecule has 13 heteroatoms. The fraction of sp³-hybridized carbons (Fsp3) is 0.538. The number of aryl methyl sites for hydroxylation is 1. The highest BCUT2D eigenvalue weighted by atomic mass is 32.2. The molecule has 216 valence electrons. The molecule has 2 aliphatic rings. The lowest BCUT2D eigenvalue weighted by molar-refractivity contribution is -0.0312. The Bertz CT molecular complexity index is 1380. The van der Waals surface area contributed by atoms with Crippen LogP contribution in [0.15, 0.2) is 52.3 Å². The van der Waals surface area contributed by atoms with E-state index in [1.165, 1.54) is 42.7 Å². The highest BCUT2D eigenvalue weighted by Crippen LogP contribution is 2.37.